The van der Waals surface area contributed by atoms with E-state index in [1.165, 1.54) is 17.9 Å². The Morgan fingerprint density at radius 2 is 1.62 bits per heavy atom. The average molecular weight is 519 g/mol. The van der Waals surface area contributed by atoms with Crippen LogP contribution in [0.2, 0.25) is 5.04 Å². The second kappa shape index (κ2) is 10.1. The molecule has 3 aromatic rings. The van der Waals surface area contributed by atoms with Crippen molar-refractivity contribution in [3.8, 4) is 0 Å². The first-order valence-electron chi connectivity index (χ1n) is 12.4. The van der Waals surface area contributed by atoms with Gasteiger partial charge in [-0.05, 0) is 28.8 Å². The van der Waals surface area contributed by atoms with E-state index in [1.54, 1.807) is 13.0 Å². The molecule has 0 amide bonds. The lowest BCUT2D eigenvalue weighted by Gasteiger charge is -2.44. The van der Waals surface area contributed by atoms with E-state index in [4.69, 9.17) is 9.16 Å². The molecule has 2 aromatic carbocycles. The molecular weight excluding hydrogens is 484 g/mol. The zero-order chi connectivity index (χ0) is 26.8. The van der Waals surface area contributed by atoms with Gasteiger partial charge in [0.2, 0.25) is 0 Å². The quantitative estimate of drug-likeness (QED) is 0.295. The molecule has 0 fully saturated rings. The van der Waals surface area contributed by atoms with E-state index in [9.17, 15) is 14.4 Å². The fourth-order valence-corrected chi connectivity index (χ4v) is 9.98. The third-order valence-corrected chi connectivity index (χ3v) is 12.3. The molecule has 4 rings (SSSR count). The zero-order valence-corrected chi connectivity index (χ0v) is 23.0. The molecule has 0 saturated heterocycles. The van der Waals surface area contributed by atoms with E-state index in [0.717, 1.165) is 10.4 Å². The topological polar surface area (TPSA) is 90.4 Å². The van der Waals surface area contributed by atoms with E-state index in [2.05, 4.69) is 50.0 Å². The number of H-pyrrole nitrogens is 1. The maximum absolute atomic E-state index is 13.3. The van der Waals surface area contributed by atoms with Crippen molar-refractivity contribution in [2.75, 3.05) is 13.7 Å². The van der Waals surface area contributed by atoms with Crippen molar-refractivity contribution in [3.63, 3.8) is 0 Å². The number of esters is 1. The second-order valence-electron chi connectivity index (χ2n) is 10.7. The molecule has 0 unspecified atom stereocenters. The van der Waals surface area contributed by atoms with E-state index in [-0.39, 0.29) is 18.1 Å². The third kappa shape index (κ3) is 4.79. The standard InChI is InChI=1S/C29H34N2O5Si/c1-21-19-31(27(34)30-25(21)32)22-16-17-29(18-22,26(33)35-5)20-36-37(28(2,3)4,23-12-8-6-9-13-23)24-14-10-7-11-15-24/h6-17,19,22H,18,20H2,1-5H3,(H,30,32,34)/t22-,29+/m0/s1. The summed E-state index contributed by atoms with van der Waals surface area (Å²) in [5.74, 6) is -0.418. The molecule has 0 aliphatic heterocycles. The van der Waals surface area contributed by atoms with Crippen LogP contribution in [0.3, 0.4) is 0 Å². The summed E-state index contributed by atoms with van der Waals surface area (Å²) in [6, 6.07) is 20.0. The first-order chi connectivity index (χ1) is 17.5. The minimum Gasteiger partial charge on any atom is -0.468 e. The number of methoxy groups -OCH3 is 1. The van der Waals surface area contributed by atoms with Crippen LogP contribution in [0.1, 0.15) is 38.8 Å². The van der Waals surface area contributed by atoms with Gasteiger partial charge >= 0.3 is 11.7 Å². The summed E-state index contributed by atoms with van der Waals surface area (Å²) < 4.78 is 13.8. The van der Waals surface area contributed by atoms with Crippen molar-refractivity contribution in [2.24, 2.45) is 5.41 Å². The highest BCUT2D eigenvalue weighted by atomic mass is 28.4. The Kier molecular flexibility index (Phi) is 7.26. The molecule has 0 spiro atoms. The van der Waals surface area contributed by atoms with Crippen LogP contribution in [0.5, 0.6) is 0 Å². The van der Waals surface area contributed by atoms with Crippen LogP contribution in [-0.2, 0) is 14.0 Å². The molecule has 7 nitrogen and oxygen atoms in total. The summed E-state index contributed by atoms with van der Waals surface area (Å²) in [6.07, 6.45) is 5.44. The number of aromatic nitrogens is 2. The Morgan fingerprint density at radius 1 is 1.05 bits per heavy atom. The molecule has 2 atom stereocenters. The molecule has 1 heterocycles. The van der Waals surface area contributed by atoms with E-state index < -0.39 is 37.0 Å². The van der Waals surface area contributed by atoms with Gasteiger partial charge in [-0.1, -0.05) is 93.6 Å². The smallest absolute Gasteiger partial charge is 0.328 e. The van der Waals surface area contributed by atoms with E-state index in [1.807, 2.05) is 42.5 Å². The molecule has 0 saturated carbocycles. The van der Waals surface area contributed by atoms with Gasteiger partial charge in [-0.25, -0.2) is 4.79 Å². The summed E-state index contributed by atoms with van der Waals surface area (Å²) in [7, 11) is -1.54. The number of hydrogen-bond acceptors (Lipinski definition) is 5. The fourth-order valence-electron chi connectivity index (χ4n) is 5.35. The predicted molar refractivity (Wildman–Crippen MR) is 147 cm³/mol. The second-order valence-corrected chi connectivity index (χ2v) is 15.0. The molecule has 1 aromatic heterocycles. The highest BCUT2D eigenvalue weighted by molar-refractivity contribution is 6.99. The van der Waals surface area contributed by atoms with Crippen molar-refractivity contribution in [2.45, 2.75) is 45.2 Å². The average Bonchev–Trinajstić information content (AvgIpc) is 3.32. The van der Waals surface area contributed by atoms with Crippen LogP contribution in [0.15, 0.2) is 88.6 Å². The molecule has 194 valence electrons. The number of ether oxygens (including phenoxy) is 1. The monoisotopic (exact) mass is 518 g/mol. The summed E-state index contributed by atoms with van der Waals surface area (Å²) in [5.41, 5.74) is -1.60. The van der Waals surface area contributed by atoms with Crippen molar-refractivity contribution in [1.82, 2.24) is 9.55 Å². The van der Waals surface area contributed by atoms with Gasteiger partial charge in [0.05, 0.1) is 19.8 Å². The number of nitrogens with one attached hydrogen (secondary N) is 1. The van der Waals surface area contributed by atoms with Crippen molar-refractivity contribution in [1.29, 1.82) is 0 Å². The van der Waals surface area contributed by atoms with Gasteiger partial charge in [-0.3, -0.25) is 19.1 Å². The SMILES string of the molecule is COC(=O)[C@]1(CO[Si](c2ccccc2)(c2ccccc2)C(C)(C)C)C=C[C@H](n2cc(C)c(=O)[nH]c2=O)C1. The summed E-state index contributed by atoms with van der Waals surface area (Å²) >= 11 is 0. The first-order valence-corrected chi connectivity index (χ1v) is 14.3. The highest BCUT2D eigenvalue weighted by Crippen LogP contribution is 2.43. The Labute approximate surface area is 217 Å². The molecule has 0 bridgehead atoms. The van der Waals surface area contributed by atoms with E-state index in [0.29, 0.717) is 5.56 Å². The van der Waals surface area contributed by atoms with Crippen molar-refractivity contribution >= 4 is 24.7 Å². The lowest BCUT2D eigenvalue weighted by Crippen LogP contribution is -2.67. The number of allylic oxidation sites excluding steroid dienone is 1. The van der Waals surface area contributed by atoms with Gasteiger partial charge in [0.25, 0.3) is 13.9 Å². The van der Waals surface area contributed by atoms with Gasteiger partial charge in [0.1, 0.15) is 5.41 Å². The molecule has 37 heavy (non-hydrogen) atoms. The Bertz CT molecular complexity index is 1370. The number of rotatable bonds is 7. The summed E-state index contributed by atoms with van der Waals surface area (Å²) in [5, 5.41) is 1.96. The lowest BCUT2D eigenvalue weighted by atomic mass is 9.88. The maximum Gasteiger partial charge on any atom is 0.328 e. The van der Waals surface area contributed by atoms with Gasteiger partial charge in [0.15, 0.2) is 0 Å². The van der Waals surface area contributed by atoms with Crippen molar-refractivity contribution in [3.05, 3.63) is 105 Å². The Hall–Kier alpha value is -3.49. The minimum absolute atomic E-state index is 0.0943. The third-order valence-electron chi connectivity index (χ3n) is 7.27. The van der Waals surface area contributed by atoms with Gasteiger partial charge in [-0.2, -0.15) is 0 Å². The number of aryl methyl sites for hydroxylation is 1. The van der Waals surface area contributed by atoms with Gasteiger partial charge < -0.3 is 9.16 Å². The number of benzene rings is 2. The minimum atomic E-state index is -2.91. The molecule has 1 aliphatic carbocycles. The molecule has 0 radical (unpaired) electrons. The number of hydrogen-bond donors (Lipinski definition) is 1. The Balaban J connectivity index is 1.78. The van der Waals surface area contributed by atoms with Crippen LogP contribution in [0.25, 0.3) is 0 Å². The normalized spacial score (nSPS) is 19.6. The van der Waals surface area contributed by atoms with Crippen LogP contribution >= 0.6 is 0 Å². The van der Waals surface area contributed by atoms with E-state index >= 15 is 0 Å². The summed E-state index contributed by atoms with van der Waals surface area (Å²) in [4.78, 5) is 40.1. The van der Waals surface area contributed by atoms with Crippen LogP contribution < -0.4 is 21.6 Å². The highest BCUT2D eigenvalue weighted by Gasteiger charge is 2.53. The maximum atomic E-state index is 13.3. The molecule has 1 aliphatic rings. The van der Waals surface area contributed by atoms with Gasteiger partial charge in [-0.15, -0.1) is 0 Å². The Morgan fingerprint density at radius 3 is 2.14 bits per heavy atom. The van der Waals surface area contributed by atoms with Crippen LogP contribution in [0, 0.1) is 12.3 Å². The first kappa shape index (κ1) is 26.6. The number of carbonyl (C=O) groups is 1. The summed E-state index contributed by atoms with van der Waals surface area (Å²) in [6.45, 7) is 8.28. The van der Waals surface area contributed by atoms with Crippen molar-refractivity contribution < 1.29 is 14.0 Å². The zero-order valence-electron chi connectivity index (χ0n) is 22.0. The number of aromatic amines is 1. The largest absolute Gasteiger partial charge is 0.468 e. The number of nitrogens with zero attached hydrogens (tertiary/aromatic N) is 1. The molecular formula is C29H34N2O5Si. The lowest BCUT2D eigenvalue weighted by molar-refractivity contribution is -0.151. The fraction of sp³-hybridized carbons (Fsp3) is 0.345. The number of carbonyl (C=O) groups excluding carboxylic acids is 1. The predicted octanol–water partition coefficient (Wildman–Crippen LogP) is 3.08. The van der Waals surface area contributed by atoms with Gasteiger partial charge in [0, 0.05) is 11.8 Å². The van der Waals surface area contributed by atoms with Crippen LogP contribution in [0.4, 0.5) is 0 Å². The van der Waals surface area contributed by atoms with Crippen LogP contribution in [-0.4, -0.2) is 37.6 Å². The molecule has 8 heteroatoms. The molecule has 1 N–H and O–H groups in total.